The Morgan fingerprint density at radius 1 is 1.03 bits per heavy atom. The summed E-state index contributed by atoms with van der Waals surface area (Å²) >= 11 is 0. The first-order valence-electron chi connectivity index (χ1n) is 9.73. The Morgan fingerprint density at radius 2 is 1.71 bits per heavy atom. The molecule has 1 heterocycles. The highest BCUT2D eigenvalue weighted by atomic mass is 32.2. The Morgan fingerprint density at radius 3 is 2.42 bits per heavy atom. The van der Waals surface area contributed by atoms with Crippen LogP contribution in [0.15, 0.2) is 83.8 Å². The SMILES string of the molecule is COc1ccc(S(=O)(=O)N2C[C@H](C(=O)NCc3ccccc3)Oc3ccccc32)cc1. The van der Waals surface area contributed by atoms with Crippen LogP contribution in [0, 0.1) is 0 Å². The van der Waals surface area contributed by atoms with E-state index in [9.17, 15) is 13.2 Å². The number of fused-ring (bicyclic) bond motifs is 1. The van der Waals surface area contributed by atoms with Gasteiger partial charge in [0.2, 0.25) is 0 Å². The molecule has 1 aliphatic rings. The van der Waals surface area contributed by atoms with Crippen LogP contribution in [-0.4, -0.2) is 34.1 Å². The van der Waals surface area contributed by atoms with E-state index in [0.29, 0.717) is 23.7 Å². The monoisotopic (exact) mass is 438 g/mol. The second kappa shape index (κ2) is 8.69. The third-order valence-electron chi connectivity index (χ3n) is 4.98. The first kappa shape index (κ1) is 20.7. The second-order valence-electron chi connectivity index (χ2n) is 6.99. The van der Waals surface area contributed by atoms with Crippen LogP contribution in [-0.2, 0) is 21.4 Å². The minimum atomic E-state index is -3.92. The van der Waals surface area contributed by atoms with Crippen molar-refractivity contribution in [1.82, 2.24) is 5.32 Å². The number of amides is 1. The molecule has 7 nitrogen and oxygen atoms in total. The van der Waals surface area contributed by atoms with Gasteiger partial charge in [0.15, 0.2) is 6.10 Å². The van der Waals surface area contributed by atoms with Gasteiger partial charge in [-0.15, -0.1) is 0 Å². The molecule has 0 fully saturated rings. The molecule has 31 heavy (non-hydrogen) atoms. The van der Waals surface area contributed by atoms with Gasteiger partial charge in [-0.25, -0.2) is 8.42 Å². The fraction of sp³-hybridized carbons (Fsp3) is 0.174. The number of rotatable bonds is 6. The molecule has 160 valence electrons. The van der Waals surface area contributed by atoms with Crippen molar-refractivity contribution in [3.63, 3.8) is 0 Å². The number of hydrogen-bond donors (Lipinski definition) is 1. The van der Waals surface area contributed by atoms with Crippen LogP contribution in [0.1, 0.15) is 5.56 Å². The largest absolute Gasteiger partial charge is 0.497 e. The third-order valence-corrected chi connectivity index (χ3v) is 6.78. The topological polar surface area (TPSA) is 84.9 Å². The van der Waals surface area contributed by atoms with Crippen molar-refractivity contribution in [2.24, 2.45) is 0 Å². The first-order valence-corrected chi connectivity index (χ1v) is 11.2. The number of carbonyl (C=O) groups excluding carboxylic acids is 1. The average Bonchev–Trinajstić information content (AvgIpc) is 2.82. The summed E-state index contributed by atoms with van der Waals surface area (Å²) in [7, 11) is -2.40. The average molecular weight is 439 g/mol. The van der Waals surface area contributed by atoms with Crippen LogP contribution in [0.2, 0.25) is 0 Å². The molecule has 0 aromatic heterocycles. The van der Waals surface area contributed by atoms with Crippen LogP contribution in [0.4, 0.5) is 5.69 Å². The molecular weight excluding hydrogens is 416 g/mol. The molecule has 1 amide bonds. The molecule has 3 aromatic carbocycles. The number of para-hydroxylation sites is 2. The fourth-order valence-corrected chi connectivity index (χ4v) is 4.82. The molecule has 0 aliphatic carbocycles. The van der Waals surface area contributed by atoms with Crippen molar-refractivity contribution < 1.29 is 22.7 Å². The fourth-order valence-electron chi connectivity index (χ4n) is 3.34. The molecule has 1 N–H and O–H groups in total. The highest BCUT2D eigenvalue weighted by molar-refractivity contribution is 7.92. The molecule has 1 atom stereocenters. The molecular formula is C23H22N2O5S. The summed E-state index contributed by atoms with van der Waals surface area (Å²) in [6, 6.07) is 22.4. The summed E-state index contributed by atoms with van der Waals surface area (Å²) in [4.78, 5) is 12.9. The van der Waals surface area contributed by atoms with Gasteiger partial charge in [0.05, 0.1) is 24.2 Å². The highest BCUT2D eigenvalue weighted by Gasteiger charge is 2.37. The smallest absolute Gasteiger partial charge is 0.264 e. The molecule has 0 unspecified atom stereocenters. The maximum atomic E-state index is 13.4. The van der Waals surface area contributed by atoms with Crippen LogP contribution in [0.3, 0.4) is 0 Å². The molecule has 0 saturated heterocycles. The van der Waals surface area contributed by atoms with Crippen molar-refractivity contribution in [1.29, 1.82) is 0 Å². The summed E-state index contributed by atoms with van der Waals surface area (Å²) in [5, 5.41) is 2.82. The molecule has 1 aliphatic heterocycles. The second-order valence-corrected chi connectivity index (χ2v) is 8.85. The van der Waals surface area contributed by atoms with E-state index in [-0.39, 0.29) is 17.3 Å². The zero-order valence-electron chi connectivity index (χ0n) is 16.9. The lowest BCUT2D eigenvalue weighted by Gasteiger charge is -2.34. The summed E-state index contributed by atoms with van der Waals surface area (Å²) in [5.74, 6) is 0.512. The predicted octanol–water partition coefficient (Wildman–Crippen LogP) is 2.97. The molecule has 0 saturated carbocycles. The van der Waals surface area contributed by atoms with E-state index in [1.165, 1.54) is 23.5 Å². The molecule has 3 aromatic rings. The highest BCUT2D eigenvalue weighted by Crippen LogP contribution is 2.37. The van der Waals surface area contributed by atoms with E-state index in [0.717, 1.165) is 5.56 Å². The summed E-state index contributed by atoms with van der Waals surface area (Å²) in [6.45, 7) is 0.193. The van der Waals surface area contributed by atoms with Crippen LogP contribution < -0.4 is 19.1 Å². The Kier molecular flexibility index (Phi) is 5.81. The van der Waals surface area contributed by atoms with Crippen molar-refractivity contribution in [3.8, 4) is 11.5 Å². The van der Waals surface area contributed by atoms with Crippen molar-refractivity contribution in [2.75, 3.05) is 18.0 Å². The van der Waals surface area contributed by atoms with Gasteiger partial charge < -0.3 is 14.8 Å². The van der Waals surface area contributed by atoms with E-state index in [1.807, 2.05) is 30.3 Å². The van der Waals surface area contributed by atoms with Crippen LogP contribution in [0.25, 0.3) is 0 Å². The Bertz CT molecular complexity index is 1160. The normalized spacial score (nSPS) is 15.5. The third kappa shape index (κ3) is 4.34. The van der Waals surface area contributed by atoms with Crippen LogP contribution >= 0.6 is 0 Å². The summed E-state index contributed by atoms with van der Waals surface area (Å²) < 4.78 is 39.0. The number of carbonyl (C=O) groups is 1. The predicted molar refractivity (Wildman–Crippen MR) is 117 cm³/mol. The number of anilines is 1. The van der Waals surface area contributed by atoms with Gasteiger partial charge in [-0.3, -0.25) is 9.10 Å². The summed E-state index contributed by atoms with van der Waals surface area (Å²) in [5.41, 5.74) is 1.33. The lowest BCUT2D eigenvalue weighted by molar-refractivity contribution is -0.127. The Labute approximate surface area is 181 Å². The van der Waals surface area contributed by atoms with Crippen molar-refractivity contribution in [3.05, 3.63) is 84.4 Å². The number of sulfonamides is 1. The molecule has 8 heteroatoms. The number of nitrogens with zero attached hydrogens (tertiary/aromatic N) is 1. The van der Waals surface area contributed by atoms with Gasteiger partial charge in [0.1, 0.15) is 11.5 Å². The number of ether oxygens (including phenoxy) is 2. The molecule has 0 spiro atoms. The molecule has 0 radical (unpaired) electrons. The van der Waals surface area contributed by atoms with Gasteiger partial charge in [0.25, 0.3) is 15.9 Å². The number of methoxy groups -OCH3 is 1. The van der Waals surface area contributed by atoms with E-state index in [1.54, 1.807) is 36.4 Å². The van der Waals surface area contributed by atoms with Crippen molar-refractivity contribution >= 4 is 21.6 Å². The standard InChI is InChI=1S/C23H22N2O5S/c1-29-18-11-13-19(14-12-18)31(27,28)25-16-22(30-21-10-6-5-9-20(21)25)23(26)24-15-17-7-3-2-4-8-17/h2-14,22H,15-16H2,1H3,(H,24,26)/t22-/m1/s1. The number of nitrogens with one attached hydrogen (secondary N) is 1. The van der Waals surface area contributed by atoms with Gasteiger partial charge >= 0.3 is 0 Å². The van der Waals surface area contributed by atoms with E-state index in [4.69, 9.17) is 9.47 Å². The Balaban J connectivity index is 1.60. The minimum Gasteiger partial charge on any atom is -0.497 e. The van der Waals surface area contributed by atoms with Gasteiger partial charge in [-0.1, -0.05) is 42.5 Å². The zero-order valence-corrected chi connectivity index (χ0v) is 17.7. The van der Waals surface area contributed by atoms with Crippen LogP contribution in [0.5, 0.6) is 11.5 Å². The number of benzene rings is 3. The minimum absolute atomic E-state index is 0.105. The zero-order chi connectivity index (χ0) is 21.8. The van der Waals surface area contributed by atoms with Gasteiger partial charge in [-0.05, 0) is 42.0 Å². The van der Waals surface area contributed by atoms with E-state index < -0.39 is 16.1 Å². The van der Waals surface area contributed by atoms with Crippen molar-refractivity contribution in [2.45, 2.75) is 17.5 Å². The Hall–Kier alpha value is -3.52. The number of hydrogen-bond acceptors (Lipinski definition) is 5. The van der Waals surface area contributed by atoms with Gasteiger partial charge in [-0.2, -0.15) is 0 Å². The maximum absolute atomic E-state index is 13.4. The lowest BCUT2D eigenvalue weighted by Crippen LogP contribution is -2.50. The lowest BCUT2D eigenvalue weighted by atomic mass is 10.2. The van der Waals surface area contributed by atoms with E-state index in [2.05, 4.69) is 5.32 Å². The molecule has 4 rings (SSSR count). The van der Waals surface area contributed by atoms with Gasteiger partial charge in [0, 0.05) is 6.54 Å². The van der Waals surface area contributed by atoms with E-state index >= 15 is 0 Å². The maximum Gasteiger partial charge on any atom is 0.264 e. The molecule has 0 bridgehead atoms. The first-order chi connectivity index (χ1) is 15.0. The quantitative estimate of drug-likeness (QED) is 0.640. The summed E-state index contributed by atoms with van der Waals surface area (Å²) in [6.07, 6.45) is -0.980.